The summed E-state index contributed by atoms with van der Waals surface area (Å²) >= 11 is 0. The van der Waals surface area contributed by atoms with E-state index in [2.05, 4.69) is 20.4 Å². The molecule has 0 radical (unpaired) electrons. The van der Waals surface area contributed by atoms with Crippen molar-refractivity contribution in [3.8, 4) is 0 Å². The third-order valence-corrected chi connectivity index (χ3v) is 2.49. The van der Waals surface area contributed by atoms with Gasteiger partial charge in [-0.15, -0.1) is 6.58 Å². The molecule has 0 bridgehead atoms. The van der Waals surface area contributed by atoms with E-state index in [0.29, 0.717) is 0 Å². The first-order valence-corrected chi connectivity index (χ1v) is 4.38. The van der Waals surface area contributed by atoms with Gasteiger partial charge in [0.25, 0.3) is 0 Å². The second-order valence-corrected chi connectivity index (χ2v) is 3.49. The highest BCUT2D eigenvalue weighted by Crippen LogP contribution is 2.29. The van der Waals surface area contributed by atoms with E-state index in [0.717, 1.165) is 12.8 Å². The Morgan fingerprint density at radius 3 is 2.45 bits per heavy atom. The average Bonchev–Trinajstić information content (AvgIpc) is 2.00. The van der Waals surface area contributed by atoms with Crippen molar-refractivity contribution in [1.82, 2.24) is 0 Å². The Balaban J connectivity index is 3.99. The maximum atomic E-state index is 9.43. The maximum Gasteiger partial charge on any atom is 0.0599 e. The quantitative estimate of drug-likeness (QED) is 0.607. The molecule has 0 rings (SSSR count). The number of aliphatic hydroxyl groups is 1. The summed E-state index contributed by atoms with van der Waals surface area (Å²) in [5, 5.41) is 9.43. The van der Waals surface area contributed by atoms with Gasteiger partial charge in [0, 0.05) is 5.41 Å². The summed E-state index contributed by atoms with van der Waals surface area (Å²) in [7, 11) is 0. The average molecular weight is 156 g/mol. The molecule has 0 heterocycles. The van der Waals surface area contributed by atoms with Crippen molar-refractivity contribution < 1.29 is 5.11 Å². The molecule has 1 nitrogen and oxygen atoms in total. The molecule has 1 heteroatoms. The van der Waals surface area contributed by atoms with Gasteiger partial charge in [0.1, 0.15) is 0 Å². The summed E-state index contributed by atoms with van der Waals surface area (Å²) < 4.78 is 0. The van der Waals surface area contributed by atoms with Crippen LogP contribution >= 0.6 is 0 Å². The van der Waals surface area contributed by atoms with Gasteiger partial charge in [-0.2, -0.15) is 0 Å². The van der Waals surface area contributed by atoms with Crippen LogP contribution in [0.3, 0.4) is 0 Å². The third-order valence-electron chi connectivity index (χ3n) is 2.49. The first kappa shape index (κ1) is 10.7. The topological polar surface area (TPSA) is 20.2 Å². The highest BCUT2D eigenvalue weighted by atomic mass is 16.3. The Morgan fingerprint density at radius 2 is 2.18 bits per heavy atom. The molecule has 0 aromatic rings. The zero-order chi connectivity index (χ0) is 8.91. The van der Waals surface area contributed by atoms with E-state index in [9.17, 15) is 5.11 Å². The number of hydrogen-bond acceptors (Lipinski definition) is 1. The van der Waals surface area contributed by atoms with Crippen LogP contribution < -0.4 is 0 Å². The van der Waals surface area contributed by atoms with E-state index in [1.807, 2.05) is 13.0 Å². The highest BCUT2D eigenvalue weighted by molar-refractivity contribution is 4.94. The monoisotopic (exact) mass is 156 g/mol. The molecule has 1 N–H and O–H groups in total. The fourth-order valence-electron chi connectivity index (χ4n) is 1.04. The van der Waals surface area contributed by atoms with Gasteiger partial charge in [-0.25, -0.2) is 0 Å². The van der Waals surface area contributed by atoms with Crippen LogP contribution in [0.25, 0.3) is 0 Å². The summed E-state index contributed by atoms with van der Waals surface area (Å²) in [6.45, 7) is 9.79. The molecule has 2 atom stereocenters. The van der Waals surface area contributed by atoms with E-state index >= 15 is 0 Å². The molecule has 0 amide bonds. The second-order valence-electron chi connectivity index (χ2n) is 3.49. The van der Waals surface area contributed by atoms with Crippen molar-refractivity contribution in [3.63, 3.8) is 0 Å². The van der Waals surface area contributed by atoms with Gasteiger partial charge in [0.2, 0.25) is 0 Å². The summed E-state index contributed by atoms with van der Waals surface area (Å²) in [6, 6.07) is 0. The van der Waals surface area contributed by atoms with Crippen LogP contribution in [0, 0.1) is 5.41 Å². The van der Waals surface area contributed by atoms with Gasteiger partial charge >= 0.3 is 0 Å². The Hall–Kier alpha value is -0.300. The predicted molar refractivity (Wildman–Crippen MR) is 49.5 cm³/mol. The minimum atomic E-state index is -0.286. The largest absolute Gasteiger partial charge is 0.393 e. The van der Waals surface area contributed by atoms with Gasteiger partial charge in [-0.05, 0) is 13.3 Å². The zero-order valence-electron chi connectivity index (χ0n) is 7.93. The van der Waals surface area contributed by atoms with Crippen LogP contribution in [0.4, 0.5) is 0 Å². The SMILES string of the molecule is C=C[C@@](C)(CCCC)[C@H](C)O. The summed E-state index contributed by atoms with van der Waals surface area (Å²) in [5.74, 6) is 0. The number of hydrogen-bond donors (Lipinski definition) is 1. The molecule has 0 aromatic carbocycles. The lowest BCUT2D eigenvalue weighted by molar-refractivity contribution is 0.0794. The van der Waals surface area contributed by atoms with Crippen LogP contribution in [0.5, 0.6) is 0 Å². The van der Waals surface area contributed by atoms with Gasteiger partial charge in [-0.1, -0.05) is 32.8 Å². The first-order valence-electron chi connectivity index (χ1n) is 4.38. The molecule has 0 aliphatic rings. The van der Waals surface area contributed by atoms with E-state index < -0.39 is 0 Å². The highest BCUT2D eigenvalue weighted by Gasteiger charge is 2.24. The van der Waals surface area contributed by atoms with Crippen molar-refractivity contribution >= 4 is 0 Å². The summed E-state index contributed by atoms with van der Waals surface area (Å²) in [5.41, 5.74) is -0.0873. The third kappa shape index (κ3) is 3.06. The minimum Gasteiger partial charge on any atom is -0.393 e. The van der Waals surface area contributed by atoms with Gasteiger partial charge < -0.3 is 5.11 Å². The van der Waals surface area contributed by atoms with Crippen molar-refractivity contribution in [1.29, 1.82) is 0 Å². The molecule has 0 aliphatic heterocycles. The molecule has 0 fully saturated rings. The molecule has 66 valence electrons. The van der Waals surface area contributed by atoms with Crippen molar-refractivity contribution in [2.75, 3.05) is 0 Å². The predicted octanol–water partition coefficient (Wildman–Crippen LogP) is 2.75. The molecule has 0 aliphatic carbocycles. The van der Waals surface area contributed by atoms with E-state index in [1.54, 1.807) is 0 Å². The Bertz CT molecular complexity index is 118. The van der Waals surface area contributed by atoms with Gasteiger partial charge in [-0.3, -0.25) is 0 Å². The molecule has 0 spiro atoms. The summed E-state index contributed by atoms with van der Waals surface area (Å²) in [6.07, 6.45) is 4.95. The molecular weight excluding hydrogens is 136 g/mol. The molecular formula is C10H20O. The van der Waals surface area contributed by atoms with Crippen LogP contribution in [0.15, 0.2) is 12.7 Å². The Morgan fingerprint density at radius 1 is 1.64 bits per heavy atom. The minimum absolute atomic E-state index is 0.0873. The number of aliphatic hydroxyl groups excluding tert-OH is 1. The zero-order valence-corrected chi connectivity index (χ0v) is 7.93. The van der Waals surface area contributed by atoms with Crippen LogP contribution in [0.2, 0.25) is 0 Å². The normalized spacial score (nSPS) is 18.9. The van der Waals surface area contributed by atoms with Crippen LogP contribution in [-0.4, -0.2) is 11.2 Å². The number of rotatable bonds is 5. The fourth-order valence-corrected chi connectivity index (χ4v) is 1.04. The van der Waals surface area contributed by atoms with Crippen molar-refractivity contribution in [3.05, 3.63) is 12.7 Å². The van der Waals surface area contributed by atoms with Crippen LogP contribution in [0.1, 0.15) is 40.0 Å². The van der Waals surface area contributed by atoms with E-state index in [-0.39, 0.29) is 11.5 Å². The van der Waals surface area contributed by atoms with Crippen molar-refractivity contribution in [2.45, 2.75) is 46.1 Å². The van der Waals surface area contributed by atoms with Crippen LogP contribution in [-0.2, 0) is 0 Å². The Kier molecular flexibility index (Phi) is 4.43. The Labute approximate surface area is 70.1 Å². The molecule has 0 saturated heterocycles. The maximum absolute atomic E-state index is 9.43. The lowest BCUT2D eigenvalue weighted by Gasteiger charge is -2.28. The number of unbranched alkanes of at least 4 members (excludes halogenated alkanes) is 1. The molecule has 0 unspecified atom stereocenters. The van der Waals surface area contributed by atoms with Gasteiger partial charge in [0.15, 0.2) is 0 Å². The lowest BCUT2D eigenvalue weighted by atomic mass is 9.80. The van der Waals surface area contributed by atoms with Gasteiger partial charge in [0.05, 0.1) is 6.10 Å². The van der Waals surface area contributed by atoms with Crippen molar-refractivity contribution in [2.24, 2.45) is 5.41 Å². The molecule has 0 saturated carbocycles. The fraction of sp³-hybridized carbons (Fsp3) is 0.800. The first-order chi connectivity index (χ1) is 5.06. The lowest BCUT2D eigenvalue weighted by Crippen LogP contribution is -2.27. The van der Waals surface area contributed by atoms with E-state index in [1.165, 1.54) is 6.42 Å². The second kappa shape index (κ2) is 4.55. The summed E-state index contributed by atoms with van der Waals surface area (Å²) in [4.78, 5) is 0. The molecule has 11 heavy (non-hydrogen) atoms. The smallest absolute Gasteiger partial charge is 0.0599 e. The molecule has 0 aromatic heterocycles. The van der Waals surface area contributed by atoms with E-state index in [4.69, 9.17) is 0 Å². The standard InChI is InChI=1S/C10H20O/c1-5-7-8-10(4,6-2)9(3)11/h6,9,11H,2,5,7-8H2,1,3-4H3/t9-,10-/m0/s1.